The summed E-state index contributed by atoms with van der Waals surface area (Å²) in [7, 11) is 0. The minimum atomic E-state index is -0.197. The molecule has 0 saturated heterocycles. The molecule has 0 fully saturated rings. The van der Waals surface area contributed by atoms with Gasteiger partial charge in [0.1, 0.15) is 6.79 Å². The largest absolute Gasteiger partial charge is 0.369 e. The predicted molar refractivity (Wildman–Crippen MR) is 59.5 cm³/mol. The molecule has 0 rings (SSSR count). The molecule has 0 aromatic rings. The number of guanidine groups is 1. The molecule has 0 aromatic carbocycles. The van der Waals surface area contributed by atoms with Crippen LogP contribution in [0, 0.1) is 11.5 Å². The number of nitrogens with one attached hydrogen (secondary N) is 1. The summed E-state index contributed by atoms with van der Waals surface area (Å²) in [6.45, 7) is 5.13. The van der Waals surface area contributed by atoms with E-state index in [4.69, 9.17) is 33.0 Å². The molecule has 0 amide bonds. The van der Waals surface area contributed by atoms with E-state index in [2.05, 4.69) is 10.3 Å². The van der Waals surface area contributed by atoms with Crippen LogP contribution in [-0.2, 0) is 4.79 Å². The van der Waals surface area contributed by atoms with Gasteiger partial charge >= 0.3 is 0 Å². The molecule has 9 N–H and O–H groups in total. The van der Waals surface area contributed by atoms with Crippen LogP contribution in [0.25, 0.3) is 0 Å². The third kappa shape index (κ3) is 46.4. The van der Waals surface area contributed by atoms with Crippen molar-refractivity contribution >= 4 is 12.7 Å². The molecule has 0 bridgehead atoms. The van der Waals surface area contributed by atoms with Gasteiger partial charge in [-0.2, -0.15) is 5.26 Å². The number of nitriles is 1. The summed E-state index contributed by atoms with van der Waals surface area (Å²) in [4.78, 5) is 10.9. The lowest BCUT2D eigenvalue weighted by Crippen LogP contribution is -2.27. The van der Waals surface area contributed by atoms with E-state index in [1.54, 1.807) is 0 Å². The van der Waals surface area contributed by atoms with Crippen LogP contribution in [0.4, 0.5) is 0 Å². The third-order valence-electron chi connectivity index (χ3n) is 0.821. The van der Waals surface area contributed by atoms with E-state index in [-0.39, 0.29) is 5.96 Å². The number of nitrogens with zero attached hydrogens (tertiary/aromatic N) is 2. The van der Waals surface area contributed by atoms with Crippen LogP contribution in [0.3, 0.4) is 0 Å². The second kappa shape index (κ2) is 22.8. The minimum absolute atomic E-state index is 0.197. The quantitative estimate of drug-likeness (QED) is 0.145. The Kier molecular flexibility index (Phi) is 28.8. The second-order valence-corrected chi connectivity index (χ2v) is 1.96. The van der Waals surface area contributed by atoms with E-state index >= 15 is 0 Å². The maximum absolute atomic E-state index is 8.00. The van der Waals surface area contributed by atoms with Gasteiger partial charge in [-0.1, -0.05) is 0 Å². The van der Waals surface area contributed by atoms with Crippen LogP contribution in [0.1, 0.15) is 0 Å². The lowest BCUT2D eigenvalue weighted by Gasteiger charge is -1.95. The molecule has 0 aliphatic rings. The predicted octanol–water partition coefficient (Wildman–Crippen LogP) is -2.95. The van der Waals surface area contributed by atoms with Gasteiger partial charge in [-0.15, -0.1) is 4.99 Å². The molecular formula is C7H19N7O. The van der Waals surface area contributed by atoms with Crippen LogP contribution < -0.4 is 28.3 Å². The number of aliphatic imine (C=N–C) groups is 1. The van der Waals surface area contributed by atoms with Gasteiger partial charge < -0.3 is 33.0 Å². The summed E-state index contributed by atoms with van der Waals surface area (Å²) in [6, 6.07) is 0. The zero-order valence-corrected chi connectivity index (χ0v) is 8.65. The van der Waals surface area contributed by atoms with Crippen LogP contribution in [0.2, 0.25) is 0 Å². The number of hydrogen-bond donors (Lipinski definition) is 5. The second-order valence-electron chi connectivity index (χ2n) is 1.96. The maximum atomic E-state index is 8.00. The van der Waals surface area contributed by atoms with Crippen LogP contribution in [0.5, 0.6) is 0 Å². The molecule has 88 valence electrons. The molecular weight excluding hydrogens is 198 g/mol. The Labute approximate surface area is 89.3 Å². The first-order chi connectivity index (χ1) is 7.18. The van der Waals surface area contributed by atoms with Gasteiger partial charge in [-0.05, 0) is 0 Å². The lowest BCUT2D eigenvalue weighted by atomic mass is 10.6. The lowest BCUT2D eigenvalue weighted by molar-refractivity contribution is -0.0979. The van der Waals surface area contributed by atoms with Gasteiger partial charge in [0.25, 0.3) is 0 Å². The van der Waals surface area contributed by atoms with Gasteiger partial charge in [0.15, 0.2) is 0 Å². The van der Waals surface area contributed by atoms with E-state index in [9.17, 15) is 0 Å². The molecule has 0 radical (unpaired) electrons. The maximum Gasteiger partial charge on any atom is 0.209 e. The summed E-state index contributed by atoms with van der Waals surface area (Å²) in [5, 5.41) is 10.7. The van der Waals surface area contributed by atoms with Gasteiger partial charge in [0.2, 0.25) is 12.2 Å². The standard InChI is InChI=1S/C4H13N3.C2H4N4.CH2O/c5-1-3-7-4-2-6;3-1-6-2(4)5;1-2/h7H,1-6H2;(H4,4,5,6);1H2. The summed E-state index contributed by atoms with van der Waals surface area (Å²) < 4.78 is 0. The van der Waals surface area contributed by atoms with Crippen molar-refractivity contribution in [1.29, 1.82) is 5.26 Å². The first-order valence-corrected chi connectivity index (χ1v) is 4.06. The van der Waals surface area contributed by atoms with Crippen molar-refractivity contribution in [2.75, 3.05) is 26.2 Å². The van der Waals surface area contributed by atoms with Gasteiger partial charge in [-0.25, -0.2) is 0 Å². The normalized spacial score (nSPS) is 7.00. The average Bonchev–Trinajstić information content (AvgIpc) is 2.22. The van der Waals surface area contributed by atoms with Crippen LogP contribution in [0.15, 0.2) is 4.99 Å². The summed E-state index contributed by atoms with van der Waals surface area (Å²) in [5.74, 6) is -0.197. The zero-order chi connectivity index (χ0) is 12.5. The Morgan fingerprint density at radius 1 is 1.27 bits per heavy atom. The first kappa shape index (κ1) is 19.0. The number of carbonyl (C=O) groups is 1. The topological polar surface area (TPSA) is 169 Å². The smallest absolute Gasteiger partial charge is 0.209 e. The Balaban J connectivity index is -0.000000166. The van der Waals surface area contributed by atoms with Crippen molar-refractivity contribution in [1.82, 2.24) is 5.32 Å². The summed E-state index contributed by atoms with van der Waals surface area (Å²) >= 11 is 0. The molecule has 15 heavy (non-hydrogen) atoms. The SMILES string of the molecule is C=O.N#CN=C(N)N.NCCNCCN. The number of hydrogen-bond acceptors (Lipinski definition) is 6. The van der Waals surface area contributed by atoms with Gasteiger partial charge in [0, 0.05) is 26.2 Å². The Hall–Kier alpha value is -1.69. The highest BCUT2D eigenvalue weighted by Crippen LogP contribution is 1.50. The Morgan fingerprint density at radius 3 is 1.80 bits per heavy atom. The summed E-state index contributed by atoms with van der Waals surface area (Å²) in [5.41, 5.74) is 19.7. The van der Waals surface area contributed by atoms with Gasteiger partial charge in [-0.3, -0.25) is 0 Å². The van der Waals surface area contributed by atoms with E-state index in [0.29, 0.717) is 13.1 Å². The first-order valence-electron chi connectivity index (χ1n) is 4.06. The van der Waals surface area contributed by atoms with Crippen molar-refractivity contribution in [2.45, 2.75) is 0 Å². The molecule has 0 saturated carbocycles. The third-order valence-corrected chi connectivity index (χ3v) is 0.821. The van der Waals surface area contributed by atoms with Crippen molar-refractivity contribution in [3.8, 4) is 6.19 Å². The summed E-state index contributed by atoms with van der Waals surface area (Å²) in [6.07, 6.45) is 1.41. The van der Waals surface area contributed by atoms with Crippen molar-refractivity contribution in [2.24, 2.45) is 27.9 Å². The molecule has 0 atom stereocenters. The van der Waals surface area contributed by atoms with Gasteiger partial charge in [0.05, 0.1) is 0 Å². The fraction of sp³-hybridized carbons (Fsp3) is 0.571. The van der Waals surface area contributed by atoms with Crippen molar-refractivity contribution < 1.29 is 4.79 Å². The number of carbonyl (C=O) groups excluding carboxylic acids is 1. The molecule has 0 heterocycles. The van der Waals surface area contributed by atoms with Crippen molar-refractivity contribution in [3.05, 3.63) is 0 Å². The van der Waals surface area contributed by atoms with Crippen LogP contribution >= 0.6 is 0 Å². The monoisotopic (exact) mass is 217 g/mol. The zero-order valence-electron chi connectivity index (χ0n) is 8.65. The molecule has 8 heteroatoms. The van der Waals surface area contributed by atoms with E-state index < -0.39 is 0 Å². The Bertz CT molecular complexity index is 169. The molecule has 8 nitrogen and oxygen atoms in total. The molecule has 0 aromatic heterocycles. The van der Waals surface area contributed by atoms with E-state index in [0.717, 1.165) is 13.1 Å². The molecule has 0 aliphatic carbocycles. The fourth-order valence-corrected chi connectivity index (χ4v) is 0.387. The highest BCUT2D eigenvalue weighted by Gasteiger charge is 1.76. The number of nitrogens with two attached hydrogens (primary N) is 4. The minimum Gasteiger partial charge on any atom is -0.369 e. The van der Waals surface area contributed by atoms with Crippen LogP contribution in [-0.4, -0.2) is 38.9 Å². The average molecular weight is 217 g/mol. The van der Waals surface area contributed by atoms with E-state index in [1.807, 2.05) is 6.79 Å². The molecule has 0 unspecified atom stereocenters. The van der Waals surface area contributed by atoms with Crippen molar-refractivity contribution in [3.63, 3.8) is 0 Å². The molecule has 0 aliphatic heterocycles. The fourth-order valence-electron chi connectivity index (χ4n) is 0.387. The highest BCUT2D eigenvalue weighted by molar-refractivity contribution is 5.76. The van der Waals surface area contributed by atoms with E-state index in [1.165, 1.54) is 6.19 Å². The molecule has 0 spiro atoms. The number of rotatable bonds is 4. The Morgan fingerprint density at radius 2 is 1.67 bits per heavy atom. The highest BCUT2D eigenvalue weighted by atomic mass is 16.1.